The lowest BCUT2D eigenvalue weighted by molar-refractivity contribution is -0.146. The maximum absolute atomic E-state index is 12.1. The Labute approximate surface area is 110 Å². The minimum atomic E-state index is -4.29. The van der Waals surface area contributed by atoms with Crippen molar-refractivity contribution in [2.75, 3.05) is 20.1 Å². The van der Waals surface area contributed by atoms with E-state index in [1.54, 1.807) is 0 Å². The van der Waals surface area contributed by atoms with Crippen LogP contribution in [0.15, 0.2) is 24.3 Å². The number of hydrogen-bond donors (Lipinski definition) is 1. The first-order valence-corrected chi connectivity index (χ1v) is 5.84. The fraction of sp³-hybridized carbons (Fsp3) is 0.462. The molecule has 0 unspecified atom stereocenters. The van der Waals surface area contributed by atoms with Crippen LogP contribution in [0.2, 0.25) is 0 Å². The second kappa shape index (κ2) is 6.56. The molecule has 0 spiro atoms. The van der Waals surface area contributed by atoms with Gasteiger partial charge in [-0.15, -0.1) is 0 Å². The van der Waals surface area contributed by atoms with Crippen molar-refractivity contribution >= 4 is 5.91 Å². The molecule has 0 radical (unpaired) electrons. The van der Waals surface area contributed by atoms with Crippen molar-refractivity contribution in [3.63, 3.8) is 0 Å². The van der Waals surface area contributed by atoms with E-state index < -0.39 is 18.6 Å². The molecule has 0 aliphatic heterocycles. The zero-order valence-electron chi connectivity index (χ0n) is 10.9. The summed E-state index contributed by atoms with van der Waals surface area (Å²) < 4.78 is 36.3. The van der Waals surface area contributed by atoms with Gasteiger partial charge in [-0.1, -0.05) is 24.3 Å². The quantitative estimate of drug-likeness (QED) is 0.892. The van der Waals surface area contributed by atoms with Crippen LogP contribution in [-0.4, -0.2) is 37.1 Å². The molecule has 0 bridgehead atoms. The van der Waals surface area contributed by atoms with Gasteiger partial charge < -0.3 is 5.32 Å². The maximum atomic E-state index is 12.1. The molecule has 0 atom stereocenters. The standard InChI is InChI=1S/C13H17F3N2O/c1-10-5-3-4-6-11(10)7-17-12(19)8-18(2)9-13(14,15)16/h3-6H,7-9H2,1-2H3,(H,17,19). The molecule has 3 nitrogen and oxygen atoms in total. The van der Waals surface area contributed by atoms with E-state index in [0.717, 1.165) is 16.0 Å². The van der Waals surface area contributed by atoms with Gasteiger partial charge in [0.25, 0.3) is 0 Å². The predicted molar refractivity (Wildman–Crippen MR) is 66.6 cm³/mol. The molecule has 0 aliphatic carbocycles. The first-order valence-electron chi connectivity index (χ1n) is 5.84. The molecule has 0 saturated carbocycles. The van der Waals surface area contributed by atoms with Gasteiger partial charge in [-0.3, -0.25) is 9.69 Å². The van der Waals surface area contributed by atoms with E-state index in [4.69, 9.17) is 0 Å². The van der Waals surface area contributed by atoms with E-state index in [2.05, 4.69) is 5.32 Å². The van der Waals surface area contributed by atoms with E-state index in [1.165, 1.54) is 7.05 Å². The molecule has 1 N–H and O–H groups in total. The average molecular weight is 274 g/mol. The minimum absolute atomic E-state index is 0.272. The van der Waals surface area contributed by atoms with Crippen LogP contribution in [0, 0.1) is 6.92 Å². The average Bonchev–Trinajstić information content (AvgIpc) is 2.25. The highest BCUT2D eigenvalue weighted by Crippen LogP contribution is 2.15. The van der Waals surface area contributed by atoms with Crippen molar-refractivity contribution in [3.8, 4) is 0 Å². The van der Waals surface area contributed by atoms with Gasteiger partial charge in [0, 0.05) is 6.54 Å². The number of benzene rings is 1. The number of aryl methyl sites for hydroxylation is 1. The van der Waals surface area contributed by atoms with Crippen LogP contribution in [-0.2, 0) is 11.3 Å². The van der Waals surface area contributed by atoms with E-state index in [0.29, 0.717) is 6.54 Å². The molecular formula is C13H17F3N2O. The topological polar surface area (TPSA) is 32.3 Å². The largest absolute Gasteiger partial charge is 0.401 e. The molecule has 1 aromatic carbocycles. The zero-order valence-corrected chi connectivity index (χ0v) is 10.9. The SMILES string of the molecule is Cc1ccccc1CNC(=O)CN(C)CC(F)(F)F. The number of alkyl halides is 3. The Bertz CT molecular complexity index is 432. The fourth-order valence-electron chi connectivity index (χ4n) is 1.67. The normalized spacial score (nSPS) is 11.7. The Kier molecular flexibility index (Phi) is 5.35. The Morgan fingerprint density at radius 1 is 1.32 bits per heavy atom. The van der Waals surface area contributed by atoms with Gasteiger partial charge in [0.05, 0.1) is 13.1 Å². The number of carbonyl (C=O) groups excluding carboxylic acids is 1. The first kappa shape index (κ1) is 15.5. The highest BCUT2D eigenvalue weighted by Gasteiger charge is 2.29. The van der Waals surface area contributed by atoms with Crippen LogP contribution in [0.5, 0.6) is 0 Å². The molecule has 0 saturated heterocycles. The lowest BCUT2D eigenvalue weighted by Crippen LogP contribution is -2.39. The van der Waals surface area contributed by atoms with E-state index in [-0.39, 0.29) is 6.54 Å². The van der Waals surface area contributed by atoms with Crippen LogP contribution < -0.4 is 5.32 Å². The van der Waals surface area contributed by atoms with Crippen molar-refractivity contribution in [2.45, 2.75) is 19.6 Å². The van der Waals surface area contributed by atoms with Gasteiger partial charge in [0.2, 0.25) is 5.91 Å². The number of amides is 1. The van der Waals surface area contributed by atoms with Crippen molar-refractivity contribution in [2.24, 2.45) is 0 Å². The van der Waals surface area contributed by atoms with Crippen LogP contribution in [0.3, 0.4) is 0 Å². The van der Waals surface area contributed by atoms with Gasteiger partial charge in [0.1, 0.15) is 0 Å². The summed E-state index contributed by atoms with van der Waals surface area (Å²) >= 11 is 0. The molecule has 106 valence electrons. The number of hydrogen-bond acceptors (Lipinski definition) is 2. The Balaban J connectivity index is 2.38. The van der Waals surface area contributed by atoms with Gasteiger partial charge in [-0.25, -0.2) is 0 Å². The van der Waals surface area contributed by atoms with Crippen molar-refractivity contribution in [1.82, 2.24) is 10.2 Å². The Hall–Kier alpha value is -1.56. The lowest BCUT2D eigenvalue weighted by atomic mass is 10.1. The Morgan fingerprint density at radius 3 is 2.53 bits per heavy atom. The van der Waals surface area contributed by atoms with Crippen LogP contribution >= 0.6 is 0 Å². The summed E-state index contributed by atoms with van der Waals surface area (Å²) in [5.74, 6) is -0.421. The second-order valence-corrected chi connectivity index (χ2v) is 4.49. The first-order chi connectivity index (χ1) is 8.78. The molecule has 0 fully saturated rings. The smallest absolute Gasteiger partial charge is 0.351 e. The predicted octanol–water partition coefficient (Wildman–Crippen LogP) is 2.11. The molecule has 19 heavy (non-hydrogen) atoms. The van der Waals surface area contributed by atoms with E-state index >= 15 is 0 Å². The molecule has 1 aromatic rings. The van der Waals surface area contributed by atoms with Crippen LogP contribution in [0.1, 0.15) is 11.1 Å². The molecule has 1 rings (SSSR count). The number of halogens is 3. The summed E-state index contributed by atoms with van der Waals surface area (Å²) in [4.78, 5) is 12.4. The minimum Gasteiger partial charge on any atom is -0.351 e. The van der Waals surface area contributed by atoms with Crippen LogP contribution in [0.25, 0.3) is 0 Å². The summed E-state index contributed by atoms with van der Waals surface area (Å²) in [5, 5.41) is 2.61. The van der Waals surface area contributed by atoms with Gasteiger partial charge in [-0.2, -0.15) is 13.2 Å². The van der Waals surface area contributed by atoms with Gasteiger partial charge >= 0.3 is 6.18 Å². The van der Waals surface area contributed by atoms with Crippen molar-refractivity contribution in [1.29, 1.82) is 0 Å². The summed E-state index contributed by atoms with van der Waals surface area (Å²) in [6.07, 6.45) is -4.29. The molecule has 0 heterocycles. The third kappa shape index (κ3) is 6.24. The third-order valence-corrected chi connectivity index (χ3v) is 2.60. The summed E-state index contributed by atoms with van der Waals surface area (Å²) in [6, 6.07) is 7.52. The summed E-state index contributed by atoms with van der Waals surface area (Å²) in [6.45, 7) is 0.874. The highest BCUT2D eigenvalue weighted by atomic mass is 19.4. The van der Waals surface area contributed by atoms with Crippen molar-refractivity contribution < 1.29 is 18.0 Å². The van der Waals surface area contributed by atoms with Crippen LogP contribution in [0.4, 0.5) is 13.2 Å². The van der Waals surface area contributed by atoms with Gasteiger partial charge in [0.15, 0.2) is 0 Å². The number of nitrogens with one attached hydrogen (secondary N) is 1. The third-order valence-electron chi connectivity index (χ3n) is 2.60. The lowest BCUT2D eigenvalue weighted by Gasteiger charge is -2.18. The molecule has 1 amide bonds. The van der Waals surface area contributed by atoms with Gasteiger partial charge in [-0.05, 0) is 25.1 Å². The second-order valence-electron chi connectivity index (χ2n) is 4.49. The number of carbonyl (C=O) groups is 1. The summed E-state index contributed by atoms with van der Waals surface area (Å²) in [7, 11) is 1.26. The molecule has 0 aromatic heterocycles. The summed E-state index contributed by atoms with van der Waals surface area (Å²) in [5.41, 5.74) is 1.99. The van der Waals surface area contributed by atoms with E-state index in [9.17, 15) is 18.0 Å². The fourth-order valence-corrected chi connectivity index (χ4v) is 1.67. The van der Waals surface area contributed by atoms with E-state index in [1.807, 2.05) is 31.2 Å². The van der Waals surface area contributed by atoms with Crippen molar-refractivity contribution in [3.05, 3.63) is 35.4 Å². The number of nitrogens with zero attached hydrogens (tertiary/aromatic N) is 1. The highest BCUT2D eigenvalue weighted by molar-refractivity contribution is 5.78. The Morgan fingerprint density at radius 2 is 1.95 bits per heavy atom. The number of likely N-dealkylation sites (N-methyl/N-ethyl adjacent to an activating group) is 1. The molecule has 0 aliphatic rings. The molecular weight excluding hydrogens is 257 g/mol. The zero-order chi connectivity index (χ0) is 14.5. The molecule has 6 heteroatoms. The number of rotatable bonds is 5. The monoisotopic (exact) mass is 274 g/mol. The maximum Gasteiger partial charge on any atom is 0.401 e.